The Morgan fingerprint density at radius 2 is 2.11 bits per heavy atom. The van der Waals surface area contributed by atoms with E-state index in [1.807, 2.05) is 31.2 Å². The fourth-order valence-corrected chi connectivity index (χ4v) is 2.88. The van der Waals surface area contributed by atoms with Gasteiger partial charge in [0.05, 0.1) is 13.2 Å². The highest BCUT2D eigenvalue weighted by Crippen LogP contribution is 2.23. The summed E-state index contributed by atoms with van der Waals surface area (Å²) in [5.41, 5.74) is 1.89. The van der Waals surface area contributed by atoms with E-state index in [9.17, 15) is 9.90 Å². The van der Waals surface area contributed by atoms with Crippen LogP contribution in [-0.2, 0) is 0 Å². The van der Waals surface area contributed by atoms with Gasteiger partial charge in [0, 0.05) is 18.2 Å². The standard InChI is InChI=1S/C16H23NO2/c1-13-5-4-6-14(11-13)16(19)12-17(9-10-18)15-7-2-3-8-15/h4-6,11,15,18H,2-3,7-10,12H2,1H3. The average molecular weight is 261 g/mol. The summed E-state index contributed by atoms with van der Waals surface area (Å²) in [4.78, 5) is 14.5. The molecule has 1 aliphatic rings. The van der Waals surface area contributed by atoms with Crippen LogP contribution in [0.25, 0.3) is 0 Å². The van der Waals surface area contributed by atoms with Crippen LogP contribution in [0.5, 0.6) is 0 Å². The normalized spacial score (nSPS) is 16.2. The Kier molecular flexibility index (Phi) is 5.11. The summed E-state index contributed by atoms with van der Waals surface area (Å²) in [5, 5.41) is 9.17. The molecule has 1 aromatic rings. The van der Waals surface area contributed by atoms with Gasteiger partial charge in [-0.15, -0.1) is 0 Å². The van der Waals surface area contributed by atoms with Gasteiger partial charge in [0.1, 0.15) is 0 Å². The highest BCUT2D eigenvalue weighted by molar-refractivity contribution is 5.97. The zero-order chi connectivity index (χ0) is 13.7. The van der Waals surface area contributed by atoms with Gasteiger partial charge in [0.2, 0.25) is 0 Å². The lowest BCUT2D eigenvalue weighted by Gasteiger charge is -2.27. The van der Waals surface area contributed by atoms with Crippen LogP contribution in [0.2, 0.25) is 0 Å². The van der Waals surface area contributed by atoms with Crippen LogP contribution >= 0.6 is 0 Å². The molecule has 0 saturated heterocycles. The Bertz CT molecular complexity index is 425. The number of carbonyl (C=O) groups is 1. The van der Waals surface area contributed by atoms with Gasteiger partial charge in [-0.25, -0.2) is 0 Å². The van der Waals surface area contributed by atoms with Gasteiger partial charge in [-0.05, 0) is 25.8 Å². The van der Waals surface area contributed by atoms with E-state index in [4.69, 9.17) is 0 Å². The van der Waals surface area contributed by atoms with Crippen LogP contribution in [-0.4, -0.2) is 41.5 Å². The molecule has 0 atom stereocenters. The Morgan fingerprint density at radius 1 is 1.37 bits per heavy atom. The van der Waals surface area contributed by atoms with Crippen LogP contribution in [0.1, 0.15) is 41.6 Å². The van der Waals surface area contributed by atoms with E-state index in [0.29, 0.717) is 19.1 Å². The molecule has 0 spiro atoms. The number of benzene rings is 1. The number of aliphatic hydroxyl groups excluding tert-OH is 1. The number of carbonyl (C=O) groups excluding carboxylic acids is 1. The molecule has 1 N–H and O–H groups in total. The highest BCUT2D eigenvalue weighted by Gasteiger charge is 2.24. The quantitative estimate of drug-likeness (QED) is 0.799. The van der Waals surface area contributed by atoms with E-state index >= 15 is 0 Å². The maximum Gasteiger partial charge on any atom is 0.176 e. The predicted molar refractivity (Wildman–Crippen MR) is 76.4 cm³/mol. The zero-order valence-corrected chi connectivity index (χ0v) is 11.6. The van der Waals surface area contributed by atoms with Crippen molar-refractivity contribution in [3.8, 4) is 0 Å². The van der Waals surface area contributed by atoms with Crippen molar-refractivity contribution in [1.82, 2.24) is 4.90 Å². The predicted octanol–water partition coefficient (Wildman–Crippen LogP) is 2.41. The van der Waals surface area contributed by atoms with Crippen molar-refractivity contribution < 1.29 is 9.90 Å². The number of nitrogens with zero attached hydrogens (tertiary/aromatic N) is 1. The van der Waals surface area contributed by atoms with Gasteiger partial charge in [-0.3, -0.25) is 9.69 Å². The lowest BCUT2D eigenvalue weighted by atomic mass is 10.1. The number of ketones is 1. The van der Waals surface area contributed by atoms with Crippen molar-refractivity contribution in [2.24, 2.45) is 0 Å². The summed E-state index contributed by atoms with van der Waals surface area (Å²) in [7, 11) is 0. The summed E-state index contributed by atoms with van der Waals surface area (Å²) in [5.74, 6) is 0.157. The molecule has 0 heterocycles. The molecule has 1 aromatic carbocycles. The number of Topliss-reactive ketones (excluding diaryl/α,β-unsaturated/α-hetero) is 1. The van der Waals surface area contributed by atoms with Gasteiger partial charge < -0.3 is 5.11 Å². The first-order valence-corrected chi connectivity index (χ1v) is 7.15. The molecule has 19 heavy (non-hydrogen) atoms. The molecule has 1 aliphatic carbocycles. The Morgan fingerprint density at radius 3 is 2.74 bits per heavy atom. The second-order valence-electron chi connectivity index (χ2n) is 5.43. The van der Waals surface area contributed by atoms with Gasteiger partial charge in [0.25, 0.3) is 0 Å². The minimum absolute atomic E-state index is 0.123. The molecule has 0 unspecified atom stereocenters. The van der Waals surface area contributed by atoms with Crippen molar-refractivity contribution in [3.05, 3.63) is 35.4 Å². The molecule has 0 amide bonds. The van der Waals surface area contributed by atoms with E-state index in [2.05, 4.69) is 4.90 Å². The Hall–Kier alpha value is -1.19. The highest BCUT2D eigenvalue weighted by atomic mass is 16.3. The summed E-state index contributed by atoms with van der Waals surface area (Å²) in [6.45, 7) is 3.15. The van der Waals surface area contributed by atoms with Gasteiger partial charge in [-0.1, -0.05) is 36.6 Å². The van der Waals surface area contributed by atoms with Crippen LogP contribution in [0.3, 0.4) is 0 Å². The fourth-order valence-electron chi connectivity index (χ4n) is 2.88. The lowest BCUT2D eigenvalue weighted by molar-refractivity contribution is 0.0862. The van der Waals surface area contributed by atoms with E-state index < -0.39 is 0 Å². The second-order valence-corrected chi connectivity index (χ2v) is 5.43. The van der Waals surface area contributed by atoms with Crippen LogP contribution in [0.4, 0.5) is 0 Å². The van der Waals surface area contributed by atoms with Gasteiger partial charge >= 0.3 is 0 Å². The number of aliphatic hydroxyl groups is 1. The van der Waals surface area contributed by atoms with E-state index in [0.717, 1.165) is 24.0 Å². The maximum absolute atomic E-state index is 12.3. The number of hydrogen-bond acceptors (Lipinski definition) is 3. The summed E-state index contributed by atoms with van der Waals surface area (Å²) < 4.78 is 0. The molecule has 3 heteroatoms. The van der Waals surface area contributed by atoms with E-state index in [-0.39, 0.29) is 12.4 Å². The van der Waals surface area contributed by atoms with Crippen molar-refractivity contribution in [2.75, 3.05) is 19.7 Å². The molecule has 104 valence electrons. The summed E-state index contributed by atoms with van der Waals surface area (Å²) in [6, 6.07) is 8.21. The summed E-state index contributed by atoms with van der Waals surface area (Å²) >= 11 is 0. The Balaban J connectivity index is 2.01. The molecule has 1 fully saturated rings. The third-order valence-electron chi connectivity index (χ3n) is 3.92. The average Bonchev–Trinajstić information content (AvgIpc) is 2.92. The molecule has 0 aliphatic heterocycles. The molecular formula is C16H23NO2. The van der Waals surface area contributed by atoms with Crippen molar-refractivity contribution in [3.63, 3.8) is 0 Å². The van der Waals surface area contributed by atoms with Gasteiger partial charge in [0.15, 0.2) is 5.78 Å². The first kappa shape index (κ1) is 14.2. The molecule has 0 bridgehead atoms. The third kappa shape index (κ3) is 3.88. The second kappa shape index (κ2) is 6.83. The molecule has 0 aromatic heterocycles. The first-order valence-electron chi connectivity index (χ1n) is 7.15. The van der Waals surface area contributed by atoms with Crippen LogP contribution < -0.4 is 0 Å². The van der Waals surface area contributed by atoms with Crippen LogP contribution in [0.15, 0.2) is 24.3 Å². The SMILES string of the molecule is Cc1cccc(C(=O)CN(CCO)C2CCCC2)c1. The van der Waals surface area contributed by atoms with Gasteiger partial charge in [-0.2, -0.15) is 0 Å². The fraction of sp³-hybridized carbons (Fsp3) is 0.562. The largest absolute Gasteiger partial charge is 0.395 e. The van der Waals surface area contributed by atoms with Crippen molar-refractivity contribution >= 4 is 5.78 Å². The van der Waals surface area contributed by atoms with Crippen molar-refractivity contribution in [1.29, 1.82) is 0 Å². The lowest BCUT2D eigenvalue weighted by Crippen LogP contribution is -2.39. The van der Waals surface area contributed by atoms with E-state index in [1.165, 1.54) is 12.8 Å². The van der Waals surface area contributed by atoms with E-state index in [1.54, 1.807) is 0 Å². The molecular weight excluding hydrogens is 238 g/mol. The topological polar surface area (TPSA) is 40.5 Å². The minimum Gasteiger partial charge on any atom is -0.395 e. The third-order valence-corrected chi connectivity index (χ3v) is 3.92. The molecule has 2 rings (SSSR count). The number of aryl methyl sites for hydroxylation is 1. The smallest absolute Gasteiger partial charge is 0.176 e. The molecule has 0 radical (unpaired) electrons. The first-order chi connectivity index (χ1) is 9.20. The monoisotopic (exact) mass is 261 g/mol. The molecule has 1 saturated carbocycles. The molecule has 3 nitrogen and oxygen atoms in total. The number of rotatable bonds is 6. The number of hydrogen-bond donors (Lipinski definition) is 1. The van der Waals surface area contributed by atoms with Crippen LogP contribution in [0, 0.1) is 6.92 Å². The van der Waals surface area contributed by atoms with Crippen molar-refractivity contribution in [2.45, 2.75) is 38.6 Å². The minimum atomic E-state index is 0.123. The summed E-state index contributed by atoms with van der Waals surface area (Å²) in [6.07, 6.45) is 4.79. The Labute approximate surface area is 115 Å². The zero-order valence-electron chi connectivity index (χ0n) is 11.6. The maximum atomic E-state index is 12.3.